The van der Waals surface area contributed by atoms with E-state index >= 15 is 0 Å². The molecule has 1 aromatic carbocycles. The van der Waals surface area contributed by atoms with Gasteiger partial charge < -0.3 is 15.4 Å². The second-order valence-corrected chi connectivity index (χ2v) is 5.51. The number of aryl methyl sites for hydroxylation is 1. The minimum atomic E-state index is -1.49. The van der Waals surface area contributed by atoms with E-state index in [1.807, 2.05) is 0 Å². The van der Waals surface area contributed by atoms with Crippen LogP contribution >= 0.6 is 11.6 Å². The smallest absolute Gasteiger partial charge is 0.334 e. The first-order valence-corrected chi connectivity index (χ1v) is 7.24. The SMILES string of the molecule is CCC(NC(=O)c1c[nH]cc1C)(C(=O)O)c1ccc(Cl)cc1. The molecule has 1 unspecified atom stereocenters. The van der Waals surface area contributed by atoms with Crippen LogP contribution in [-0.2, 0) is 10.3 Å². The lowest BCUT2D eigenvalue weighted by Gasteiger charge is -2.30. The third-order valence-electron chi connectivity index (χ3n) is 3.76. The monoisotopic (exact) mass is 320 g/mol. The summed E-state index contributed by atoms with van der Waals surface area (Å²) in [7, 11) is 0. The molecule has 1 amide bonds. The van der Waals surface area contributed by atoms with Gasteiger partial charge in [0.25, 0.3) is 5.91 Å². The van der Waals surface area contributed by atoms with Gasteiger partial charge in [0.05, 0.1) is 5.56 Å². The molecule has 2 rings (SSSR count). The number of aromatic amines is 1. The lowest BCUT2D eigenvalue weighted by molar-refractivity contribution is -0.145. The molecular formula is C16H17ClN2O3. The number of benzene rings is 1. The Balaban J connectivity index is 2.42. The summed E-state index contributed by atoms with van der Waals surface area (Å²) < 4.78 is 0. The average Bonchev–Trinajstić information content (AvgIpc) is 2.91. The van der Waals surface area contributed by atoms with Gasteiger partial charge in [-0.3, -0.25) is 4.79 Å². The number of carbonyl (C=O) groups excluding carboxylic acids is 1. The molecule has 22 heavy (non-hydrogen) atoms. The Hall–Kier alpha value is -2.27. The standard InChI is InChI=1S/C16H17ClN2O3/c1-3-16(15(21)22,11-4-6-12(17)7-5-11)19-14(20)13-9-18-8-10(13)2/h4-9,18H,3H2,1-2H3,(H,19,20)(H,21,22). The van der Waals surface area contributed by atoms with Crippen LogP contribution in [0.2, 0.25) is 5.02 Å². The lowest BCUT2D eigenvalue weighted by atomic mass is 9.87. The maximum absolute atomic E-state index is 12.4. The van der Waals surface area contributed by atoms with Crippen LogP contribution in [0.1, 0.15) is 34.8 Å². The van der Waals surface area contributed by atoms with E-state index in [0.717, 1.165) is 5.56 Å². The second-order valence-electron chi connectivity index (χ2n) is 5.08. The fourth-order valence-corrected chi connectivity index (χ4v) is 2.50. The van der Waals surface area contributed by atoms with Crippen LogP contribution < -0.4 is 5.32 Å². The van der Waals surface area contributed by atoms with E-state index in [0.29, 0.717) is 16.1 Å². The molecule has 0 saturated carbocycles. The van der Waals surface area contributed by atoms with Crippen molar-refractivity contribution in [2.75, 3.05) is 0 Å². The van der Waals surface area contributed by atoms with Crippen LogP contribution in [0.25, 0.3) is 0 Å². The maximum atomic E-state index is 12.4. The normalized spacial score (nSPS) is 13.4. The van der Waals surface area contributed by atoms with E-state index in [2.05, 4.69) is 10.3 Å². The first kappa shape index (κ1) is 16.1. The Kier molecular flexibility index (Phi) is 4.56. The zero-order chi connectivity index (χ0) is 16.3. The Bertz CT molecular complexity index is 694. The molecule has 0 saturated heterocycles. The van der Waals surface area contributed by atoms with Gasteiger partial charge >= 0.3 is 5.97 Å². The van der Waals surface area contributed by atoms with Gasteiger partial charge in [0, 0.05) is 17.4 Å². The van der Waals surface area contributed by atoms with Crippen molar-refractivity contribution < 1.29 is 14.7 Å². The maximum Gasteiger partial charge on any atom is 0.334 e. The molecule has 0 bridgehead atoms. The predicted molar refractivity (Wildman–Crippen MR) is 84.1 cm³/mol. The fourth-order valence-electron chi connectivity index (χ4n) is 2.37. The molecule has 1 heterocycles. The molecule has 5 nitrogen and oxygen atoms in total. The largest absolute Gasteiger partial charge is 0.479 e. The minimum Gasteiger partial charge on any atom is -0.479 e. The topological polar surface area (TPSA) is 82.2 Å². The third-order valence-corrected chi connectivity index (χ3v) is 4.01. The molecule has 2 aromatic rings. The first-order chi connectivity index (χ1) is 10.4. The van der Waals surface area contributed by atoms with Crippen LogP contribution in [0, 0.1) is 6.92 Å². The summed E-state index contributed by atoms with van der Waals surface area (Å²) in [6, 6.07) is 6.45. The number of hydrogen-bond acceptors (Lipinski definition) is 2. The highest BCUT2D eigenvalue weighted by atomic mass is 35.5. The van der Waals surface area contributed by atoms with Crippen molar-refractivity contribution in [2.24, 2.45) is 0 Å². The highest BCUT2D eigenvalue weighted by Gasteiger charge is 2.40. The van der Waals surface area contributed by atoms with Crippen molar-refractivity contribution in [3.05, 3.63) is 58.4 Å². The predicted octanol–water partition coefficient (Wildman–Crippen LogP) is 3.10. The van der Waals surface area contributed by atoms with Crippen LogP contribution in [0.15, 0.2) is 36.7 Å². The Morgan fingerprint density at radius 1 is 1.27 bits per heavy atom. The van der Waals surface area contributed by atoms with E-state index < -0.39 is 17.4 Å². The molecule has 1 atom stereocenters. The molecule has 0 radical (unpaired) electrons. The fraction of sp³-hybridized carbons (Fsp3) is 0.250. The molecule has 0 aliphatic carbocycles. The molecule has 0 fully saturated rings. The quantitative estimate of drug-likeness (QED) is 0.791. The highest BCUT2D eigenvalue weighted by Crippen LogP contribution is 2.27. The van der Waals surface area contributed by atoms with Gasteiger partial charge in [-0.05, 0) is 36.6 Å². The zero-order valence-electron chi connectivity index (χ0n) is 12.3. The molecule has 0 spiro atoms. The molecule has 116 valence electrons. The van der Waals surface area contributed by atoms with E-state index in [1.54, 1.807) is 50.5 Å². The van der Waals surface area contributed by atoms with Gasteiger partial charge in [0.2, 0.25) is 0 Å². The number of nitrogens with one attached hydrogen (secondary N) is 2. The average molecular weight is 321 g/mol. The number of hydrogen-bond donors (Lipinski definition) is 3. The van der Waals surface area contributed by atoms with Crippen molar-refractivity contribution in [3.8, 4) is 0 Å². The third kappa shape index (κ3) is 2.85. The Morgan fingerprint density at radius 3 is 2.36 bits per heavy atom. The Labute approximate surface area is 133 Å². The lowest BCUT2D eigenvalue weighted by Crippen LogP contribution is -2.51. The van der Waals surface area contributed by atoms with Crippen LogP contribution in [0.5, 0.6) is 0 Å². The van der Waals surface area contributed by atoms with Gasteiger partial charge in [0.15, 0.2) is 5.54 Å². The van der Waals surface area contributed by atoms with Crippen molar-refractivity contribution >= 4 is 23.5 Å². The van der Waals surface area contributed by atoms with Crippen LogP contribution in [0.3, 0.4) is 0 Å². The van der Waals surface area contributed by atoms with Crippen molar-refractivity contribution in [1.82, 2.24) is 10.3 Å². The number of H-pyrrole nitrogens is 1. The summed E-state index contributed by atoms with van der Waals surface area (Å²) in [4.78, 5) is 27.1. The van der Waals surface area contributed by atoms with E-state index in [1.165, 1.54) is 0 Å². The van der Waals surface area contributed by atoms with Gasteiger partial charge in [0.1, 0.15) is 0 Å². The van der Waals surface area contributed by atoms with Crippen molar-refractivity contribution in [2.45, 2.75) is 25.8 Å². The van der Waals surface area contributed by atoms with Crippen molar-refractivity contribution in [3.63, 3.8) is 0 Å². The molecular weight excluding hydrogens is 304 g/mol. The second kappa shape index (κ2) is 6.23. The number of aliphatic carboxylic acids is 1. The molecule has 1 aromatic heterocycles. The number of carboxylic acid groups (broad SMARTS) is 1. The molecule has 0 aliphatic rings. The van der Waals surface area contributed by atoms with Crippen molar-refractivity contribution in [1.29, 1.82) is 0 Å². The number of rotatable bonds is 5. The van der Waals surface area contributed by atoms with E-state index in [4.69, 9.17) is 11.6 Å². The van der Waals surface area contributed by atoms with Crippen LogP contribution in [0.4, 0.5) is 0 Å². The van der Waals surface area contributed by atoms with E-state index in [-0.39, 0.29) is 6.42 Å². The highest BCUT2D eigenvalue weighted by molar-refractivity contribution is 6.30. The van der Waals surface area contributed by atoms with Gasteiger partial charge in [-0.25, -0.2) is 4.79 Å². The number of aromatic nitrogens is 1. The molecule has 6 heteroatoms. The summed E-state index contributed by atoms with van der Waals surface area (Å²) in [5, 5.41) is 12.9. The first-order valence-electron chi connectivity index (χ1n) is 6.86. The van der Waals surface area contributed by atoms with Gasteiger partial charge in [-0.15, -0.1) is 0 Å². The summed E-state index contributed by atoms with van der Waals surface area (Å²) >= 11 is 5.85. The Morgan fingerprint density at radius 2 is 1.91 bits per heavy atom. The molecule has 3 N–H and O–H groups in total. The van der Waals surface area contributed by atoms with Crippen LogP contribution in [-0.4, -0.2) is 22.0 Å². The number of carbonyl (C=O) groups is 2. The summed E-state index contributed by atoms with van der Waals surface area (Å²) in [6.45, 7) is 3.50. The summed E-state index contributed by atoms with van der Waals surface area (Å²) in [6.07, 6.45) is 3.44. The van der Waals surface area contributed by atoms with Gasteiger partial charge in [-0.2, -0.15) is 0 Å². The van der Waals surface area contributed by atoms with Gasteiger partial charge in [-0.1, -0.05) is 30.7 Å². The summed E-state index contributed by atoms with van der Waals surface area (Å²) in [5.41, 5.74) is 0.163. The summed E-state index contributed by atoms with van der Waals surface area (Å²) in [5.74, 6) is -1.54. The number of amides is 1. The van der Waals surface area contributed by atoms with E-state index in [9.17, 15) is 14.7 Å². The number of halogens is 1. The zero-order valence-corrected chi connectivity index (χ0v) is 13.1. The minimum absolute atomic E-state index is 0.208. The molecule has 0 aliphatic heterocycles. The number of carboxylic acids is 1.